The zero-order valence-electron chi connectivity index (χ0n) is 16.3. The van der Waals surface area contributed by atoms with Crippen molar-refractivity contribution in [3.63, 3.8) is 0 Å². The van der Waals surface area contributed by atoms with Gasteiger partial charge in [-0.2, -0.15) is 0 Å². The Bertz CT molecular complexity index is 747. The second-order valence-electron chi connectivity index (χ2n) is 6.77. The quantitative estimate of drug-likeness (QED) is 0.397. The van der Waals surface area contributed by atoms with Crippen LogP contribution in [0, 0.1) is 10.1 Å². The SMILES string of the molecule is CC(C)NC(=O)CN1CCN(C(=O)OCC(=O)Sc2ccc([N+](=O)[O-])cc2)CC1. The highest BCUT2D eigenvalue weighted by Gasteiger charge is 2.24. The minimum Gasteiger partial charge on any atom is -0.440 e. The van der Waals surface area contributed by atoms with Crippen molar-refractivity contribution in [1.82, 2.24) is 15.1 Å². The number of thioether (sulfide) groups is 1. The van der Waals surface area contributed by atoms with Crippen molar-refractivity contribution in [1.29, 1.82) is 0 Å². The van der Waals surface area contributed by atoms with Gasteiger partial charge in [0.25, 0.3) is 5.69 Å². The van der Waals surface area contributed by atoms with Crippen LogP contribution < -0.4 is 5.32 Å². The molecule has 1 N–H and O–H groups in total. The predicted molar refractivity (Wildman–Crippen MR) is 107 cm³/mol. The Kier molecular flexibility index (Phi) is 8.40. The van der Waals surface area contributed by atoms with E-state index in [4.69, 9.17) is 4.74 Å². The zero-order chi connectivity index (χ0) is 21.4. The van der Waals surface area contributed by atoms with Crippen LogP contribution in [0.1, 0.15) is 13.8 Å². The Balaban J connectivity index is 1.69. The molecular formula is C18H24N4O6S. The number of nitro benzene ring substituents is 1. The highest BCUT2D eigenvalue weighted by atomic mass is 32.2. The number of nitrogens with one attached hydrogen (secondary N) is 1. The fourth-order valence-electron chi connectivity index (χ4n) is 2.67. The number of benzene rings is 1. The number of amides is 2. The second-order valence-corrected chi connectivity index (χ2v) is 7.90. The lowest BCUT2D eigenvalue weighted by molar-refractivity contribution is -0.384. The standard InChI is InChI=1S/C18H24N4O6S/c1-13(2)19-16(23)11-20-7-9-21(10-8-20)18(25)28-12-17(24)29-15-5-3-14(4-6-15)22(26)27/h3-6,13H,7-12H2,1-2H3,(H,19,23). The predicted octanol–water partition coefficient (Wildman–Crippen LogP) is 1.49. The average molecular weight is 424 g/mol. The van der Waals surface area contributed by atoms with Gasteiger partial charge in [0.15, 0.2) is 6.61 Å². The molecule has 0 atom stereocenters. The molecule has 158 valence electrons. The van der Waals surface area contributed by atoms with E-state index < -0.39 is 17.6 Å². The van der Waals surface area contributed by atoms with E-state index in [0.717, 1.165) is 11.8 Å². The number of carbonyl (C=O) groups is 3. The summed E-state index contributed by atoms with van der Waals surface area (Å²) < 4.78 is 5.06. The first-order chi connectivity index (χ1) is 13.7. The zero-order valence-corrected chi connectivity index (χ0v) is 17.1. The van der Waals surface area contributed by atoms with Crippen molar-refractivity contribution < 1.29 is 24.0 Å². The molecule has 29 heavy (non-hydrogen) atoms. The summed E-state index contributed by atoms with van der Waals surface area (Å²) >= 11 is 0.855. The molecule has 2 rings (SSSR count). The number of piperazine rings is 1. The number of ether oxygens (including phenoxy) is 1. The van der Waals surface area contributed by atoms with Crippen LogP contribution in [0.4, 0.5) is 10.5 Å². The summed E-state index contributed by atoms with van der Waals surface area (Å²) in [6.45, 7) is 5.61. The van der Waals surface area contributed by atoms with Crippen molar-refractivity contribution in [3.8, 4) is 0 Å². The molecule has 0 bridgehead atoms. The fraction of sp³-hybridized carbons (Fsp3) is 0.500. The van der Waals surface area contributed by atoms with Crippen LogP contribution in [-0.2, 0) is 14.3 Å². The Hall–Kier alpha value is -2.66. The molecule has 0 aliphatic carbocycles. The van der Waals surface area contributed by atoms with Crippen LogP contribution in [0.15, 0.2) is 29.2 Å². The highest BCUT2D eigenvalue weighted by molar-refractivity contribution is 8.13. The molecule has 0 spiro atoms. The highest BCUT2D eigenvalue weighted by Crippen LogP contribution is 2.22. The van der Waals surface area contributed by atoms with Gasteiger partial charge in [0.2, 0.25) is 11.0 Å². The van der Waals surface area contributed by atoms with Gasteiger partial charge >= 0.3 is 6.09 Å². The van der Waals surface area contributed by atoms with Crippen molar-refractivity contribution in [2.24, 2.45) is 0 Å². The molecule has 0 aromatic heterocycles. The summed E-state index contributed by atoms with van der Waals surface area (Å²) in [5, 5.41) is 13.1. The molecule has 1 aromatic rings. The number of hydrogen-bond donors (Lipinski definition) is 1. The first-order valence-electron chi connectivity index (χ1n) is 9.13. The molecule has 1 fully saturated rings. The lowest BCUT2D eigenvalue weighted by atomic mass is 10.3. The van der Waals surface area contributed by atoms with E-state index in [2.05, 4.69) is 5.32 Å². The molecule has 0 radical (unpaired) electrons. The number of nitro groups is 1. The van der Waals surface area contributed by atoms with Crippen LogP contribution >= 0.6 is 11.8 Å². The normalized spacial score (nSPS) is 14.5. The lowest BCUT2D eigenvalue weighted by Gasteiger charge is -2.33. The maximum absolute atomic E-state index is 12.1. The van der Waals surface area contributed by atoms with Crippen molar-refractivity contribution in [3.05, 3.63) is 34.4 Å². The lowest BCUT2D eigenvalue weighted by Crippen LogP contribution is -2.51. The summed E-state index contributed by atoms with van der Waals surface area (Å²) in [6, 6.07) is 5.64. The van der Waals surface area contributed by atoms with Crippen LogP contribution in [0.3, 0.4) is 0 Å². The van der Waals surface area contributed by atoms with Crippen LogP contribution in [0.2, 0.25) is 0 Å². The monoisotopic (exact) mass is 424 g/mol. The minimum atomic E-state index is -0.575. The number of nitrogens with zero attached hydrogens (tertiary/aromatic N) is 3. The number of non-ortho nitro benzene ring substituents is 1. The number of hydrogen-bond acceptors (Lipinski definition) is 8. The average Bonchev–Trinajstić information content (AvgIpc) is 2.66. The van der Waals surface area contributed by atoms with E-state index in [1.165, 1.54) is 29.2 Å². The third-order valence-electron chi connectivity index (χ3n) is 4.04. The van der Waals surface area contributed by atoms with Gasteiger partial charge in [-0.15, -0.1) is 0 Å². The van der Waals surface area contributed by atoms with Crippen LogP contribution in [-0.4, -0.2) is 77.2 Å². The first-order valence-corrected chi connectivity index (χ1v) is 9.95. The van der Waals surface area contributed by atoms with Crippen LogP contribution in [0.5, 0.6) is 0 Å². The summed E-state index contributed by atoms with van der Waals surface area (Å²) in [7, 11) is 0. The second kappa shape index (κ2) is 10.8. The van der Waals surface area contributed by atoms with Gasteiger partial charge in [-0.25, -0.2) is 4.79 Å². The Morgan fingerprint density at radius 1 is 1.17 bits per heavy atom. The smallest absolute Gasteiger partial charge is 0.410 e. The molecule has 1 saturated heterocycles. The molecule has 10 nitrogen and oxygen atoms in total. The van der Waals surface area contributed by atoms with E-state index in [0.29, 0.717) is 31.1 Å². The summed E-state index contributed by atoms with van der Waals surface area (Å²) in [6.07, 6.45) is -0.575. The Morgan fingerprint density at radius 3 is 2.34 bits per heavy atom. The van der Waals surface area contributed by atoms with Gasteiger partial charge in [-0.05, 0) is 37.7 Å². The topological polar surface area (TPSA) is 122 Å². The molecule has 0 unspecified atom stereocenters. The number of carbonyl (C=O) groups excluding carboxylic acids is 3. The Labute approximate surface area is 172 Å². The molecule has 1 aliphatic rings. The van der Waals surface area contributed by atoms with Crippen LogP contribution in [0.25, 0.3) is 0 Å². The van der Waals surface area contributed by atoms with E-state index in [1.54, 1.807) is 0 Å². The summed E-state index contributed by atoms with van der Waals surface area (Å²) in [5.41, 5.74) is -0.0611. The van der Waals surface area contributed by atoms with Gasteiger partial charge in [0.1, 0.15) is 0 Å². The van der Waals surface area contributed by atoms with Gasteiger partial charge in [0.05, 0.1) is 11.5 Å². The van der Waals surface area contributed by atoms with Gasteiger partial charge in [-0.3, -0.25) is 24.6 Å². The molecular weight excluding hydrogens is 400 g/mol. The van der Waals surface area contributed by atoms with E-state index in [9.17, 15) is 24.5 Å². The molecule has 0 saturated carbocycles. The maximum Gasteiger partial charge on any atom is 0.410 e. The van der Waals surface area contributed by atoms with Crippen molar-refractivity contribution >= 4 is 34.6 Å². The molecule has 1 aromatic carbocycles. The van der Waals surface area contributed by atoms with E-state index in [-0.39, 0.29) is 29.3 Å². The van der Waals surface area contributed by atoms with Gasteiger partial charge < -0.3 is 15.0 Å². The molecule has 1 aliphatic heterocycles. The fourth-order valence-corrected chi connectivity index (χ4v) is 3.32. The molecule has 2 amide bonds. The van der Waals surface area contributed by atoms with E-state index in [1.807, 2.05) is 18.7 Å². The van der Waals surface area contributed by atoms with Gasteiger partial charge in [-0.1, -0.05) is 0 Å². The molecule has 1 heterocycles. The largest absolute Gasteiger partial charge is 0.440 e. The first kappa shape index (κ1) is 22.6. The van der Waals surface area contributed by atoms with Crippen molar-refractivity contribution in [2.45, 2.75) is 24.8 Å². The third kappa shape index (κ3) is 7.70. The van der Waals surface area contributed by atoms with Gasteiger partial charge in [0, 0.05) is 49.2 Å². The third-order valence-corrected chi connectivity index (χ3v) is 4.89. The summed E-state index contributed by atoms with van der Waals surface area (Å²) in [4.78, 5) is 50.0. The van der Waals surface area contributed by atoms with Crippen molar-refractivity contribution in [2.75, 3.05) is 39.3 Å². The number of rotatable bonds is 7. The Morgan fingerprint density at radius 2 is 1.79 bits per heavy atom. The minimum absolute atomic E-state index is 0.0510. The maximum atomic E-state index is 12.1. The molecule has 11 heteroatoms. The summed E-state index contributed by atoms with van der Waals surface area (Å²) in [5.74, 6) is -0.0510. The van der Waals surface area contributed by atoms with E-state index >= 15 is 0 Å².